The molecular formula is C10H11ClFNO2. The molecule has 0 aliphatic carbocycles. The van der Waals surface area contributed by atoms with Crippen molar-refractivity contribution in [2.45, 2.75) is 6.54 Å². The van der Waals surface area contributed by atoms with Crippen LogP contribution in [-0.2, 0) is 11.3 Å². The van der Waals surface area contributed by atoms with Crippen molar-refractivity contribution in [3.05, 3.63) is 34.6 Å². The molecule has 5 heteroatoms. The number of benzene rings is 1. The molecule has 0 radical (unpaired) electrons. The zero-order valence-corrected chi connectivity index (χ0v) is 9.21. The molecule has 0 bridgehead atoms. The summed E-state index contributed by atoms with van der Waals surface area (Å²) in [5.74, 6) is -0.393. The Morgan fingerprint density at radius 3 is 2.87 bits per heavy atom. The SMILES string of the molecule is COC(=O)N(C)Cc1cc(Cl)ccc1F. The van der Waals surface area contributed by atoms with E-state index in [1.54, 1.807) is 0 Å². The van der Waals surface area contributed by atoms with Gasteiger partial charge in [0, 0.05) is 17.6 Å². The zero-order chi connectivity index (χ0) is 11.4. The molecule has 0 saturated carbocycles. The summed E-state index contributed by atoms with van der Waals surface area (Å²) >= 11 is 5.71. The second-order valence-corrected chi connectivity index (χ2v) is 3.50. The van der Waals surface area contributed by atoms with Crippen LogP contribution < -0.4 is 0 Å². The smallest absolute Gasteiger partial charge is 0.409 e. The van der Waals surface area contributed by atoms with Gasteiger partial charge >= 0.3 is 6.09 Å². The highest BCUT2D eigenvalue weighted by Crippen LogP contribution is 2.16. The molecule has 0 atom stereocenters. The quantitative estimate of drug-likeness (QED) is 0.783. The Bertz CT molecular complexity index is 370. The fourth-order valence-electron chi connectivity index (χ4n) is 1.14. The number of hydrogen-bond donors (Lipinski definition) is 0. The number of rotatable bonds is 2. The van der Waals surface area contributed by atoms with Gasteiger partial charge in [-0.05, 0) is 18.2 Å². The van der Waals surface area contributed by atoms with Gasteiger partial charge in [0.2, 0.25) is 0 Å². The van der Waals surface area contributed by atoms with Crippen molar-refractivity contribution in [3.8, 4) is 0 Å². The first-order chi connectivity index (χ1) is 7.04. The predicted octanol–water partition coefficient (Wildman–Crippen LogP) is 2.68. The van der Waals surface area contributed by atoms with Gasteiger partial charge in [-0.15, -0.1) is 0 Å². The summed E-state index contributed by atoms with van der Waals surface area (Å²) in [6.45, 7) is 0.124. The summed E-state index contributed by atoms with van der Waals surface area (Å²) in [4.78, 5) is 12.3. The Labute approximate surface area is 92.4 Å². The van der Waals surface area contributed by atoms with E-state index in [-0.39, 0.29) is 6.54 Å². The molecule has 1 aromatic carbocycles. The lowest BCUT2D eigenvalue weighted by molar-refractivity contribution is 0.131. The highest BCUT2D eigenvalue weighted by Gasteiger charge is 2.11. The lowest BCUT2D eigenvalue weighted by atomic mass is 10.2. The third-order valence-corrected chi connectivity index (χ3v) is 2.14. The van der Waals surface area contributed by atoms with Gasteiger partial charge in [-0.1, -0.05) is 11.6 Å². The van der Waals surface area contributed by atoms with E-state index in [0.29, 0.717) is 10.6 Å². The van der Waals surface area contributed by atoms with Gasteiger partial charge in [-0.3, -0.25) is 0 Å². The maximum absolute atomic E-state index is 13.3. The maximum atomic E-state index is 13.3. The maximum Gasteiger partial charge on any atom is 0.409 e. The molecule has 0 fully saturated rings. The Morgan fingerprint density at radius 1 is 1.60 bits per heavy atom. The molecule has 3 nitrogen and oxygen atoms in total. The Hall–Kier alpha value is -1.29. The van der Waals surface area contributed by atoms with Gasteiger partial charge in [0.1, 0.15) is 5.82 Å². The zero-order valence-electron chi connectivity index (χ0n) is 8.46. The predicted molar refractivity (Wildman–Crippen MR) is 55.3 cm³/mol. The number of carbonyl (C=O) groups is 1. The van der Waals surface area contributed by atoms with Crippen LogP contribution in [0.25, 0.3) is 0 Å². The van der Waals surface area contributed by atoms with E-state index in [1.807, 2.05) is 0 Å². The first-order valence-electron chi connectivity index (χ1n) is 4.27. The Balaban J connectivity index is 2.80. The van der Waals surface area contributed by atoms with E-state index in [1.165, 1.54) is 37.3 Å². The second-order valence-electron chi connectivity index (χ2n) is 3.06. The fourth-order valence-corrected chi connectivity index (χ4v) is 1.34. The van der Waals surface area contributed by atoms with E-state index >= 15 is 0 Å². The second kappa shape index (κ2) is 4.98. The summed E-state index contributed by atoms with van der Waals surface area (Å²) in [6, 6.07) is 4.21. The minimum Gasteiger partial charge on any atom is -0.453 e. The van der Waals surface area contributed by atoms with Gasteiger partial charge < -0.3 is 9.64 Å². The topological polar surface area (TPSA) is 29.5 Å². The highest BCUT2D eigenvalue weighted by atomic mass is 35.5. The van der Waals surface area contributed by atoms with E-state index in [4.69, 9.17) is 11.6 Å². The third-order valence-electron chi connectivity index (χ3n) is 1.90. The van der Waals surface area contributed by atoms with Crippen LogP contribution in [0.5, 0.6) is 0 Å². The van der Waals surface area contributed by atoms with Crippen LogP contribution in [0.1, 0.15) is 5.56 Å². The molecule has 0 unspecified atom stereocenters. The van der Waals surface area contributed by atoms with Crippen molar-refractivity contribution in [1.82, 2.24) is 4.90 Å². The average Bonchev–Trinajstić information content (AvgIpc) is 2.22. The van der Waals surface area contributed by atoms with E-state index in [0.717, 1.165) is 0 Å². The largest absolute Gasteiger partial charge is 0.453 e. The van der Waals surface area contributed by atoms with Gasteiger partial charge in [0.15, 0.2) is 0 Å². The van der Waals surface area contributed by atoms with Crippen LogP contribution in [-0.4, -0.2) is 25.2 Å². The summed E-state index contributed by atoms with van der Waals surface area (Å²) < 4.78 is 17.7. The number of ether oxygens (including phenoxy) is 1. The van der Waals surface area contributed by atoms with Crippen LogP contribution in [0.2, 0.25) is 5.02 Å². The molecule has 1 amide bonds. The average molecular weight is 232 g/mol. The molecule has 0 N–H and O–H groups in total. The third kappa shape index (κ3) is 3.09. The number of methoxy groups -OCH3 is 1. The van der Waals surface area contributed by atoms with E-state index < -0.39 is 11.9 Å². The number of halogens is 2. The first kappa shape index (κ1) is 11.8. The first-order valence-corrected chi connectivity index (χ1v) is 4.65. The van der Waals surface area contributed by atoms with Gasteiger partial charge in [-0.25, -0.2) is 9.18 Å². The summed E-state index contributed by atoms with van der Waals surface area (Å²) in [7, 11) is 2.79. The van der Waals surface area contributed by atoms with Crippen molar-refractivity contribution < 1.29 is 13.9 Å². The minimum atomic E-state index is -0.519. The lowest BCUT2D eigenvalue weighted by Crippen LogP contribution is -2.26. The number of nitrogens with zero attached hydrogens (tertiary/aromatic N) is 1. The van der Waals surface area contributed by atoms with Crippen molar-refractivity contribution in [2.75, 3.05) is 14.2 Å². The van der Waals surface area contributed by atoms with Crippen LogP contribution >= 0.6 is 11.6 Å². The lowest BCUT2D eigenvalue weighted by Gasteiger charge is -2.15. The monoisotopic (exact) mass is 231 g/mol. The van der Waals surface area contributed by atoms with Crippen LogP contribution in [0.15, 0.2) is 18.2 Å². The van der Waals surface area contributed by atoms with Crippen molar-refractivity contribution in [3.63, 3.8) is 0 Å². The molecule has 0 saturated heterocycles. The summed E-state index contributed by atoms with van der Waals surface area (Å²) in [5.41, 5.74) is 0.357. The highest BCUT2D eigenvalue weighted by molar-refractivity contribution is 6.30. The standard InChI is InChI=1S/C10H11ClFNO2/c1-13(10(14)15-2)6-7-5-8(11)3-4-9(7)12/h3-5H,6H2,1-2H3. The summed E-state index contributed by atoms with van der Waals surface area (Å²) in [5, 5.41) is 0.435. The molecule has 0 aromatic heterocycles. The summed E-state index contributed by atoms with van der Waals surface area (Å²) in [6.07, 6.45) is -0.519. The van der Waals surface area contributed by atoms with Gasteiger partial charge in [0.25, 0.3) is 0 Å². The van der Waals surface area contributed by atoms with Crippen LogP contribution in [0.3, 0.4) is 0 Å². The molecule has 0 aliphatic rings. The Kier molecular flexibility index (Phi) is 3.91. The fraction of sp³-hybridized carbons (Fsp3) is 0.300. The molecule has 82 valence electrons. The van der Waals surface area contributed by atoms with Gasteiger partial charge in [-0.2, -0.15) is 0 Å². The molecule has 1 aromatic rings. The van der Waals surface area contributed by atoms with Crippen molar-refractivity contribution >= 4 is 17.7 Å². The minimum absolute atomic E-state index is 0.124. The van der Waals surface area contributed by atoms with Crippen molar-refractivity contribution in [2.24, 2.45) is 0 Å². The molecule has 0 heterocycles. The molecule has 1 rings (SSSR count). The van der Waals surface area contributed by atoms with E-state index in [9.17, 15) is 9.18 Å². The molecule has 0 spiro atoms. The normalized spacial score (nSPS) is 9.87. The van der Waals surface area contributed by atoms with Crippen LogP contribution in [0, 0.1) is 5.82 Å². The Morgan fingerprint density at radius 2 is 2.27 bits per heavy atom. The molecule has 0 aliphatic heterocycles. The number of amides is 1. The van der Waals surface area contributed by atoms with Crippen molar-refractivity contribution in [1.29, 1.82) is 0 Å². The van der Waals surface area contributed by atoms with Crippen LogP contribution in [0.4, 0.5) is 9.18 Å². The van der Waals surface area contributed by atoms with E-state index in [2.05, 4.69) is 4.74 Å². The van der Waals surface area contributed by atoms with Gasteiger partial charge in [0.05, 0.1) is 13.7 Å². The molecule has 15 heavy (non-hydrogen) atoms. The number of carbonyl (C=O) groups excluding carboxylic acids is 1. The molecular weight excluding hydrogens is 221 g/mol. The number of hydrogen-bond acceptors (Lipinski definition) is 2.